The van der Waals surface area contributed by atoms with Crippen LogP contribution in [0.2, 0.25) is 0 Å². The Bertz CT molecular complexity index is 2190. The van der Waals surface area contributed by atoms with Crippen LogP contribution in [0.15, 0.2) is 181 Å². The molecule has 0 aliphatic heterocycles. The highest BCUT2D eigenvalue weighted by Crippen LogP contribution is 2.30. The first kappa shape index (κ1) is 33.5. The molecule has 0 amide bonds. The molecule has 1 aliphatic carbocycles. The third-order valence-electron chi connectivity index (χ3n) is 8.77. The quantitative estimate of drug-likeness (QED) is 0.122. The molecule has 7 rings (SSSR count). The van der Waals surface area contributed by atoms with Crippen molar-refractivity contribution in [3.05, 3.63) is 188 Å². The lowest BCUT2D eigenvalue weighted by molar-refractivity contribution is 0.624. The molecule has 0 N–H and O–H groups in total. The Balaban J connectivity index is 0.000000419. The van der Waals surface area contributed by atoms with E-state index >= 15 is 0 Å². The van der Waals surface area contributed by atoms with Crippen molar-refractivity contribution in [3.8, 4) is 56.9 Å². The molecule has 6 aromatic rings. The van der Waals surface area contributed by atoms with Crippen molar-refractivity contribution >= 4 is 12.4 Å². The van der Waals surface area contributed by atoms with Gasteiger partial charge in [0, 0.05) is 47.4 Å². The molecule has 242 valence electrons. The number of hydrogen-bond donors (Lipinski definition) is 0. The third-order valence-corrected chi connectivity index (χ3v) is 8.77. The van der Waals surface area contributed by atoms with Crippen molar-refractivity contribution in [3.63, 3.8) is 0 Å². The van der Waals surface area contributed by atoms with E-state index in [1.54, 1.807) is 12.4 Å². The van der Waals surface area contributed by atoms with Crippen LogP contribution in [-0.4, -0.2) is 16.7 Å². The van der Waals surface area contributed by atoms with Crippen LogP contribution in [0.5, 0.6) is 0 Å². The average molecular weight is 646 g/mol. The molecule has 50 heavy (non-hydrogen) atoms. The second kappa shape index (κ2) is 16.6. The van der Waals surface area contributed by atoms with Gasteiger partial charge in [-0.1, -0.05) is 134 Å². The van der Waals surface area contributed by atoms with Crippen molar-refractivity contribution in [2.75, 3.05) is 0 Å². The Kier molecular flexibility index (Phi) is 11.2. The molecule has 4 aromatic carbocycles. The molecule has 1 aliphatic rings. The number of allylic oxidation sites excluding steroid dienone is 5. The van der Waals surface area contributed by atoms with Crippen LogP contribution in [-0.2, 0) is 6.42 Å². The molecule has 0 saturated heterocycles. The molecule has 2 unspecified atom stereocenters. The molecule has 0 spiro atoms. The van der Waals surface area contributed by atoms with Gasteiger partial charge in [-0.25, -0.2) is 0 Å². The minimum atomic E-state index is 0.315. The van der Waals surface area contributed by atoms with Crippen LogP contribution in [0, 0.1) is 24.2 Å². The number of terminal acetylenes is 1. The molecule has 0 bridgehead atoms. The molecule has 2 atom stereocenters. The Hall–Kier alpha value is -6.37. The maximum atomic E-state index is 5.26. The number of aromatic nitrogens is 2. The van der Waals surface area contributed by atoms with Crippen LogP contribution in [0.1, 0.15) is 18.1 Å². The fourth-order valence-electron chi connectivity index (χ4n) is 5.97. The van der Waals surface area contributed by atoms with E-state index in [0.29, 0.717) is 11.8 Å². The van der Waals surface area contributed by atoms with Crippen LogP contribution >= 0.6 is 0 Å². The summed E-state index contributed by atoms with van der Waals surface area (Å²) in [6, 6.07) is 42.4. The second-order valence-corrected chi connectivity index (χ2v) is 12.2. The summed E-state index contributed by atoms with van der Waals surface area (Å²) < 4.78 is 0. The van der Waals surface area contributed by atoms with Gasteiger partial charge in [-0.15, -0.1) is 6.42 Å². The molecular weight excluding hydrogens is 607 g/mol. The largest absolute Gasteiger partial charge is 0.264 e. The van der Waals surface area contributed by atoms with E-state index in [1.807, 2.05) is 36.7 Å². The van der Waals surface area contributed by atoms with Crippen LogP contribution < -0.4 is 0 Å². The fourth-order valence-corrected chi connectivity index (χ4v) is 5.97. The zero-order chi connectivity index (χ0) is 34.5. The monoisotopic (exact) mass is 645 g/mol. The maximum Gasteiger partial charge on any atom is 0.0658 e. The van der Waals surface area contributed by atoms with Crippen LogP contribution in [0.25, 0.3) is 50.2 Å². The molecule has 0 fully saturated rings. The summed E-state index contributed by atoms with van der Waals surface area (Å²) in [6.45, 7) is 6.01. The smallest absolute Gasteiger partial charge is 0.0658 e. The SMILES string of the molecule is C#CC1C=CC=CC1C.C=N/C(=C\Cc1cccc(-c2cccc(-c3cccnc3)c2)c1)c1cccc(-c2cccc(-c3cccnc3)c2)c1. The van der Waals surface area contributed by atoms with Gasteiger partial charge in [-0.3, -0.25) is 15.0 Å². The normalized spacial score (nSPS) is 15.0. The highest BCUT2D eigenvalue weighted by Gasteiger charge is 2.09. The lowest BCUT2D eigenvalue weighted by Gasteiger charge is -2.12. The molecule has 0 radical (unpaired) electrons. The predicted molar refractivity (Wildman–Crippen MR) is 211 cm³/mol. The molecule has 2 aromatic heterocycles. The van der Waals surface area contributed by atoms with Gasteiger partial charge in [0.15, 0.2) is 0 Å². The Morgan fingerprint density at radius 2 is 1.16 bits per heavy atom. The number of pyridine rings is 2. The maximum absolute atomic E-state index is 5.26. The van der Waals surface area contributed by atoms with Crippen molar-refractivity contribution < 1.29 is 0 Å². The number of nitrogens with zero attached hydrogens (tertiary/aromatic N) is 3. The van der Waals surface area contributed by atoms with E-state index in [0.717, 1.165) is 51.1 Å². The third kappa shape index (κ3) is 8.55. The standard InChI is InChI=1S/C38H29N3.C9H10/c1-39-38(35-15-5-12-32(25-35)31-11-4-14-34(24-31)37-17-7-21-41-27-37)19-18-28-8-2-9-29(22-28)30-10-3-13-33(23-30)36-16-6-20-40-26-36;1-3-9-7-5-4-6-8(9)2/h2-17,19-27H,1,18H2;1,4-9H,2H3/b38-19-;. The summed E-state index contributed by atoms with van der Waals surface area (Å²) in [5.41, 5.74) is 12.3. The van der Waals surface area contributed by atoms with E-state index in [9.17, 15) is 0 Å². The summed E-state index contributed by atoms with van der Waals surface area (Å²) in [7, 11) is 0. The molecule has 0 saturated carbocycles. The highest BCUT2D eigenvalue weighted by atomic mass is 14.7. The summed E-state index contributed by atoms with van der Waals surface area (Å²) in [5.74, 6) is 3.54. The van der Waals surface area contributed by atoms with Gasteiger partial charge in [0.05, 0.1) is 5.70 Å². The lowest BCUT2D eigenvalue weighted by Crippen LogP contribution is -2.05. The summed E-state index contributed by atoms with van der Waals surface area (Å²) in [5, 5.41) is 0. The summed E-state index contributed by atoms with van der Waals surface area (Å²) in [6.07, 6.45) is 23.8. The summed E-state index contributed by atoms with van der Waals surface area (Å²) >= 11 is 0. The van der Waals surface area contributed by atoms with Crippen LogP contribution in [0.3, 0.4) is 0 Å². The second-order valence-electron chi connectivity index (χ2n) is 12.2. The van der Waals surface area contributed by atoms with E-state index in [4.69, 9.17) is 6.42 Å². The molecule has 3 nitrogen and oxygen atoms in total. The van der Waals surface area contributed by atoms with Gasteiger partial charge in [-0.2, -0.15) is 0 Å². The first-order valence-corrected chi connectivity index (χ1v) is 16.8. The van der Waals surface area contributed by atoms with Gasteiger partial charge >= 0.3 is 0 Å². The zero-order valence-corrected chi connectivity index (χ0v) is 28.2. The minimum Gasteiger partial charge on any atom is -0.264 e. The van der Waals surface area contributed by atoms with Crippen molar-refractivity contribution in [2.45, 2.75) is 13.3 Å². The van der Waals surface area contributed by atoms with Gasteiger partial charge in [0.2, 0.25) is 0 Å². The highest BCUT2D eigenvalue weighted by molar-refractivity contribution is 5.77. The van der Waals surface area contributed by atoms with Crippen LogP contribution in [0.4, 0.5) is 0 Å². The number of aliphatic imine (C=N–C) groups is 1. The van der Waals surface area contributed by atoms with Crippen molar-refractivity contribution in [2.24, 2.45) is 16.8 Å². The zero-order valence-electron chi connectivity index (χ0n) is 28.2. The van der Waals surface area contributed by atoms with E-state index < -0.39 is 0 Å². The number of benzene rings is 4. The van der Waals surface area contributed by atoms with E-state index in [-0.39, 0.29) is 0 Å². The fraction of sp³-hybridized carbons (Fsp3) is 0.0851. The van der Waals surface area contributed by atoms with E-state index in [1.165, 1.54) is 16.7 Å². The molecule has 2 heterocycles. The Morgan fingerprint density at radius 3 is 1.68 bits per heavy atom. The predicted octanol–water partition coefficient (Wildman–Crippen LogP) is 11.4. The van der Waals surface area contributed by atoms with E-state index in [2.05, 4.69) is 162 Å². The topological polar surface area (TPSA) is 38.1 Å². The first-order chi connectivity index (χ1) is 24.6. The van der Waals surface area contributed by atoms with Crippen molar-refractivity contribution in [1.82, 2.24) is 9.97 Å². The van der Waals surface area contributed by atoms with Gasteiger partial charge in [-0.05, 0) is 88.3 Å². The molecular formula is C47H39N3. The van der Waals surface area contributed by atoms with Gasteiger partial charge in [0.1, 0.15) is 0 Å². The minimum absolute atomic E-state index is 0.315. The number of hydrogen-bond acceptors (Lipinski definition) is 3. The lowest BCUT2D eigenvalue weighted by atomic mass is 9.91. The Labute approximate surface area is 296 Å². The average Bonchev–Trinajstić information content (AvgIpc) is 3.19. The molecule has 3 heteroatoms. The van der Waals surface area contributed by atoms with Gasteiger partial charge < -0.3 is 0 Å². The summed E-state index contributed by atoms with van der Waals surface area (Å²) in [4.78, 5) is 12.9. The van der Waals surface area contributed by atoms with Gasteiger partial charge in [0.25, 0.3) is 0 Å². The number of rotatable bonds is 8. The Morgan fingerprint density at radius 1 is 0.660 bits per heavy atom. The first-order valence-electron chi connectivity index (χ1n) is 16.8. The van der Waals surface area contributed by atoms with Crippen molar-refractivity contribution in [1.29, 1.82) is 0 Å².